The highest BCUT2D eigenvalue weighted by Gasteiger charge is 2.52. The van der Waals surface area contributed by atoms with Crippen LogP contribution in [0.2, 0.25) is 4.34 Å². The fraction of sp³-hybridized carbons (Fsp3) is 0.471. The van der Waals surface area contributed by atoms with Crippen molar-refractivity contribution in [1.29, 1.82) is 0 Å². The molecule has 6 rings (SSSR count). The van der Waals surface area contributed by atoms with Gasteiger partial charge in [0.2, 0.25) is 5.88 Å². The molecule has 2 aromatic heterocycles. The first-order valence-electron chi connectivity index (χ1n) is 7.87. The van der Waals surface area contributed by atoms with E-state index in [4.69, 9.17) is 16.3 Å². The van der Waals surface area contributed by atoms with Gasteiger partial charge in [-0.15, -0.1) is 11.3 Å². The van der Waals surface area contributed by atoms with E-state index in [1.54, 1.807) is 11.3 Å². The van der Waals surface area contributed by atoms with Crippen LogP contribution in [0.25, 0.3) is 11.1 Å². The molecule has 3 saturated heterocycles. The molecule has 0 N–H and O–H groups in total. The summed E-state index contributed by atoms with van der Waals surface area (Å²) < 4.78 is 7.21. The monoisotopic (exact) mass is 332 g/mol. The normalized spacial score (nSPS) is 32.2. The maximum absolute atomic E-state index is 6.39. The van der Waals surface area contributed by atoms with E-state index < -0.39 is 0 Å². The molecule has 0 saturated carbocycles. The van der Waals surface area contributed by atoms with Crippen molar-refractivity contribution < 1.29 is 4.74 Å². The fourth-order valence-corrected chi connectivity index (χ4v) is 5.22. The van der Waals surface area contributed by atoms with Crippen molar-refractivity contribution in [1.82, 2.24) is 9.88 Å². The molecule has 4 aliphatic heterocycles. The van der Waals surface area contributed by atoms with E-state index in [0.29, 0.717) is 5.92 Å². The molecule has 0 amide bonds. The van der Waals surface area contributed by atoms with E-state index in [0.717, 1.165) is 34.3 Å². The van der Waals surface area contributed by atoms with Gasteiger partial charge < -0.3 is 4.74 Å². The molecule has 0 unspecified atom stereocenters. The van der Waals surface area contributed by atoms with Crippen LogP contribution in [0.15, 0.2) is 23.7 Å². The quantitative estimate of drug-likeness (QED) is 0.793. The number of halogens is 1. The van der Waals surface area contributed by atoms with Crippen LogP contribution in [-0.4, -0.2) is 35.1 Å². The minimum absolute atomic E-state index is 0.0171. The lowest BCUT2D eigenvalue weighted by Gasteiger charge is -2.50. The van der Waals surface area contributed by atoms with Crippen LogP contribution in [0.3, 0.4) is 0 Å². The predicted octanol–water partition coefficient (Wildman–Crippen LogP) is 3.86. The second kappa shape index (κ2) is 4.70. The van der Waals surface area contributed by atoms with Gasteiger partial charge >= 0.3 is 0 Å². The lowest BCUT2D eigenvalue weighted by atomic mass is 9.73. The number of hydrogen-bond acceptors (Lipinski definition) is 4. The molecule has 3 nitrogen and oxygen atoms in total. The number of nitrogens with zero attached hydrogens (tertiary/aromatic N) is 2. The molecular formula is C17H17ClN2OS. The van der Waals surface area contributed by atoms with Crippen LogP contribution in [0.5, 0.6) is 5.88 Å². The SMILES string of the molecule is Clc1cc(-c2cnc3c(c2)C[C@@]2(CN4CCC2CC4)O3)cs1. The zero-order valence-corrected chi connectivity index (χ0v) is 13.8. The molecular weight excluding hydrogens is 316 g/mol. The summed E-state index contributed by atoms with van der Waals surface area (Å²) in [4.78, 5) is 7.15. The second-order valence-electron chi connectivity index (χ2n) is 6.72. The molecule has 114 valence electrons. The molecule has 6 heterocycles. The van der Waals surface area contributed by atoms with Crippen LogP contribution in [-0.2, 0) is 6.42 Å². The van der Waals surface area contributed by atoms with E-state index in [9.17, 15) is 0 Å². The second-order valence-corrected chi connectivity index (χ2v) is 8.26. The zero-order valence-electron chi connectivity index (χ0n) is 12.2. The topological polar surface area (TPSA) is 25.4 Å². The third-order valence-corrected chi connectivity index (χ3v) is 6.53. The highest BCUT2D eigenvalue weighted by atomic mass is 35.5. The van der Waals surface area contributed by atoms with Crippen LogP contribution < -0.4 is 4.74 Å². The summed E-state index contributed by atoms with van der Waals surface area (Å²) >= 11 is 7.62. The molecule has 2 aromatic rings. The maximum Gasteiger partial charge on any atom is 0.217 e. The molecule has 2 bridgehead atoms. The van der Waals surface area contributed by atoms with Gasteiger partial charge in [0, 0.05) is 41.6 Å². The van der Waals surface area contributed by atoms with Crippen molar-refractivity contribution in [3.8, 4) is 17.0 Å². The average Bonchev–Trinajstić information content (AvgIpc) is 3.11. The Balaban J connectivity index is 1.49. The van der Waals surface area contributed by atoms with Gasteiger partial charge in [-0.2, -0.15) is 0 Å². The third-order valence-electron chi connectivity index (χ3n) is 5.44. The summed E-state index contributed by atoms with van der Waals surface area (Å²) in [6.07, 6.45) is 5.45. The Morgan fingerprint density at radius 3 is 2.82 bits per heavy atom. The standard InChI is InChI=1S/C17H17ClN2OS/c18-15-6-13(9-22-15)12-5-11-7-17(21-16(11)19-8-12)10-20-3-1-14(17)2-4-20/h5-6,8-9,14H,1-4,7,10H2/t17-/m0/s1. The smallest absolute Gasteiger partial charge is 0.217 e. The summed E-state index contributed by atoms with van der Waals surface area (Å²) in [5.74, 6) is 1.53. The summed E-state index contributed by atoms with van der Waals surface area (Å²) in [6, 6.07) is 4.25. The number of thiophene rings is 1. The van der Waals surface area contributed by atoms with Crippen molar-refractivity contribution in [3.05, 3.63) is 33.6 Å². The minimum atomic E-state index is -0.0171. The van der Waals surface area contributed by atoms with Crippen molar-refractivity contribution in [2.24, 2.45) is 5.92 Å². The average molecular weight is 333 g/mol. The molecule has 0 aliphatic carbocycles. The van der Waals surface area contributed by atoms with Gasteiger partial charge in [-0.1, -0.05) is 11.6 Å². The molecule has 1 spiro atoms. The molecule has 0 aromatic carbocycles. The first kappa shape index (κ1) is 13.3. The number of piperidine rings is 3. The van der Waals surface area contributed by atoms with Gasteiger partial charge in [-0.25, -0.2) is 4.98 Å². The van der Waals surface area contributed by atoms with E-state index in [1.807, 2.05) is 12.3 Å². The first-order chi connectivity index (χ1) is 10.7. The van der Waals surface area contributed by atoms with Crippen LogP contribution in [0, 0.1) is 5.92 Å². The van der Waals surface area contributed by atoms with Gasteiger partial charge in [0.1, 0.15) is 5.60 Å². The lowest BCUT2D eigenvalue weighted by Crippen LogP contribution is -2.61. The molecule has 4 aliphatic rings. The van der Waals surface area contributed by atoms with Crippen molar-refractivity contribution in [2.45, 2.75) is 24.9 Å². The summed E-state index contributed by atoms with van der Waals surface area (Å²) in [6.45, 7) is 3.53. The number of ether oxygens (including phenoxy) is 1. The molecule has 1 atom stereocenters. The Morgan fingerprint density at radius 2 is 2.14 bits per heavy atom. The minimum Gasteiger partial charge on any atom is -0.469 e. The van der Waals surface area contributed by atoms with Crippen molar-refractivity contribution in [2.75, 3.05) is 19.6 Å². The van der Waals surface area contributed by atoms with E-state index >= 15 is 0 Å². The Morgan fingerprint density at radius 1 is 1.27 bits per heavy atom. The molecule has 0 radical (unpaired) electrons. The Kier molecular flexibility index (Phi) is 2.85. The highest BCUT2D eigenvalue weighted by Crippen LogP contribution is 2.46. The summed E-state index contributed by atoms with van der Waals surface area (Å²) in [5, 5.41) is 2.09. The van der Waals surface area contributed by atoms with E-state index in [1.165, 1.54) is 31.5 Å². The summed E-state index contributed by atoms with van der Waals surface area (Å²) in [7, 11) is 0. The van der Waals surface area contributed by atoms with Gasteiger partial charge in [0.15, 0.2) is 0 Å². The predicted molar refractivity (Wildman–Crippen MR) is 88.8 cm³/mol. The number of fused-ring (bicyclic) bond motifs is 3. The number of aromatic nitrogens is 1. The number of rotatable bonds is 1. The van der Waals surface area contributed by atoms with Crippen LogP contribution in [0.1, 0.15) is 18.4 Å². The van der Waals surface area contributed by atoms with Crippen molar-refractivity contribution in [3.63, 3.8) is 0 Å². The lowest BCUT2D eigenvalue weighted by molar-refractivity contribution is -0.0814. The third kappa shape index (κ3) is 1.94. The maximum atomic E-state index is 6.39. The molecule has 5 heteroatoms. The van der Waals surface area contributed by atoms with Gasteiger partial charge in [-0.05, 0) is 43.6 Å². The molecule has 22 heavy (non-hydrogen) atoms. The van der Waals surface area contributed by atoms with Crippen LogP contribution in [0.4, 0.5) is 0 Å². The number of hydrogen-bond donors (Lipinski definition) is 0. The van der Waals surface area contributed by atoms with Gasteiger partial charge in [0.05, 0.1) is 4.34 Å². The van der Waals surface area contributed by atoms with Gasteiger partial charge in [0.25, 0.3) is 0 Å². The summed E-state index contributed by atoms with van der Waals surface area (Å²) in [5.41, 5.74) is 3.54. The Hall–Kier alpha value is -1.10. The largest absolute Gasteiger partial charge is 0.469 e. The Bertz CT molecular complexity index is 738. The van der Waals surface area contributed by atoms with Gasteiger partial charge in [-0.3, -0.25) is 4.90 Å². The first-order valence-corrected chi connectivity index (χ1v) is 9.12. The number of pyridine rings is 1. The highest BCUT2D eigenvalue weighted by molar-refractivity contribution is 7.14. The molecule has 3 fully saturated rings. The van der Waals surface area contributed by atoms with E-state index in [-0.39, 0.29) is 5.60 Å². The van der Waals surface area contributed by atoms with Crippen molar-refractivity contribution >= 4 is 22.9 Å². The Labute approximate surface area is 138 Å². The van der Waals surface area contributed by atoms with E-state index in [2.05, 4.69) is 21.3 Å². The zero-order chi connectivity index (χ0) is 14.7. The van der Waals surface area contributed by atoms with Crippen LogP contribution >= 0.6 is 22.9 Å². The fourth-order valence-electron chi connectivity index (χ4n) is 4.33.